The summed E-state index contributed by atoms with van der Waals surface area (Å²) < 4.78 is 37.1. The highest BCUT2D eigenvalue weighted by Gasteiger charge is 2.13. The number of methoxy groups -OCH3 is 2. The van der Waals surface area contributed by atoms with Gasteiger partial charge >= 0.3 is 0 Å². The fourth-order valence-corrected chi connectivity index (χ4v) is 4.14. The highest BCUT2D eigenvalue weighted by molar-refractivity contribution is 14.0. The number of aliphatic imine (C=N–C) groups is 1. The first kappa shape index (κ1) is 23.5. The first-order chi connectivity index (χ1) is 12.5. The van der Waals surface area contributed by atoms with Gasteiger partial charge in [-0.1, -0.05) is 12.1 Å². The van der Waals surface area contributed by atoms with Crippen LogP contribution in [-0.4, -0.2) is 41.7 Å². The smallest absolute Gasteiger partial charge is 0.250 e. The van der Waals surface area contributed by atoms with Crippen LogP contribution in [0.3, 0.4) is 0 Å². The minimum Gasteiger partial charge on any atom is -0.493 e. The number of halogens is 1. The monoisotopic (exact) mass is 526 g/mol. The van der Waals surface area contributed by atoms with Crippen molar-refractivity contribution in [3.63, 3.8) is 0 Å². The summed E-state index contributed by atoms with van der Waals surface area (Å²) >= 11 is 1.17. The Labute approximate surface area is 180 Å². The molecule has 0 aliphatic heterocycles. The van der Waals surface area contributed by atoms with Gasteiger partial charge in [0.05, 0.1) is 20.8 Å². The van der Waals surface area contributed by atoms with Gasteiger partial charge in [0.2, 0.25) is 10.0 Å². The first-order valence-corrected chi connectivity index (χ1v) is 10.1. The second kappa shape index (κ2) is 11.3. The van der Waals surface area contributed by atoms with Crippen molar-refractivity contribution in [2.75, 3.05) is 27.3 Å². The van der Waals surface area contributed by atoms with E-state index in [0.717, 1.165) is 5.56 Å². The molecule has 1 aromatic carbocycles. The quantitative estimate of drug-likeness (QED) is 0.199. The van der Waals surface area contributed by atoms with Crippen LogP contribution in [0, 0.1) is 0 Å². The topological polar surface area (TPSA) is 115 Å². The largest absolute Gasteiger partial charge is 0.493 e. The average Bonchev–Trinajstić information content (AvgIpc) is 3.19. The molecule has 8 nitrogen and oxygen atoms in total. The van der Waals surface area contributed by atoms with Crippen molar-refractivity contribution in [2.24, 2.45) is 10.7 Å². The third-order valence-corrected chi connectivity index (χ3v) is 6.22. The van der Waals surface area contributed by atoms with Crippen molar-refractivity contribution >= 4 is 51.3 Å². The standard InChI is InChI=1S/C16H22N4O4S2.HI/c1-23-13-6-5-12(10-14(13)24-2)11-19-16(17)18-7-8-20-26(21,22)15-4-3-9-25-15;/h3-6,9-10,20H,7-8,11H2,1-2H3,(H3,17,18,19);1H. The molecule has 0 amide bonds. The maximum Gasteiger partial charge on any atom is 0.250 e. The van der Waals surface area contributed by atoms with Gasteiger partial charge in [-0.05, 0) is 29.1 Å². The zero-order valence-corrected chi connectivity index (χ0v) is 18.9. The van der Waals surface area contributed by atoms with Gasteiger partial charge < -0.3 is 20.5 Å². The Bertz CT molecular complexity index is 842. The van der Waals surface area contributed by atoms with Crippen molar-refractivity contribution in [3.8, 4) is 11.5 Å². The van der Waals surface area contributed by atoms with E-state index < -0.39 is 10.0 Å². The lowest BCUT2D eigenvalue weighted by Gasteiger charge is -2.09. The van der Waals surface area contributed by atoms with Gasteiger partial charge in [0, 0.05) is 13.1 Å². The SMILES string of the molecule is COc1ccc(CN=C(N)NCCNS(=O)(=O)c2cccs2)cc1OC.I. The van der Waals surface area contributed by atoms with Crippen LogP contribution in [0.4, 0.5) is 0 Å². The average molecular weight is 526 g/mol. The zero-order valence-electron chi connectivity index (χ0n) is 15.0. The molecular weight excluding hydrogens is 503 g/mol. The number of nitrogens with zero attached hydrogens (tertiary/aromatic N) is 1. The molecule has 1 aromatic heterocycles. The molecule has 0 saturated heterocycles. The maximum atomic E-state index is 11.9. The van der Waals surface area contributed by atoms with Crippen LogP contribution in [0.15, 0.2) is 44.9 Å². The maximum absolute atomic E-state index is 11.9. The van der Waals surface area contributed by atoms with Crippen LogP contribution in [0.25, 0.3) is 0 Å². The molecule has 0 aliphatic rings. The summed E-state index contributed by atoms with van der Waals surface area (Å²) in [5.41, 5.74) is 6.71. The number of guanidine groups is 1. The number of nitrogens with one attached hydrogen (secondary N) is 2. The normalized spacial score (nSPS) is 11.6. The fraction of sp³-hybridized carbons (Fsp3) is 0.312. The van der Waals surface area contributed by atoms with Gasteiger partial charge in [-0.15, -0.1) is 35.3 Å². The van der Waals surface area contributed by atoms with Crippen LogP contribution in [-0.2, 0) is 16.6 Å². The Morgan fingerprint density at radius 3 is 2.56 bits per heavy atom. The van der Waals surface area contributed by atoms with Crippen molar-refractivity contribution in [2.45, 2.75) is 10.8 Å². The molecule has 0 saturated carbocycles. The Kier molecular flexibility index (Phi) is 9.83. The molecule has 0 radical (unpaired) electrons. The molecule has 150 valence electrons. The summed E-state index contributed by atoms with van der Waals surface area (Å²) in [6.45, 7) is 0.888. The Morgan fingerprint density at radius 2 is 1.93 bits per heavy atom. The van der Waals surface area contributed by atoms with Crippen LogP contribution in [0.5, 0.6) is 11.5 Å². The molecule has 0 bridgehead atoms. The number of thiophene rings is 1. The molecule has 0 fully saturated rings. The van der Waals surface area contributed by atoms with Crippen molar-refractivity contribution in [1.82, 2.24) is 10.0 Å². The van der Waals surface area contributed by atoms with E-state index >= 15 is 0 Å². The highest BCUT2D eigenvalue weighted by Crippen LogP contribution is 2.27. The van der Waals surface area contributed by atoms with Gasteiger partial charge in [-0.2, -0.15) is 0 Å². The second-order valence-corrected chi connectivity index (χ2v) is 8.09. The summed E-state index contributed by atoms with van der Waals surface area (Å²) in [5, 5.41) is 4.58. The van der Waals surface area contributed by atoms with E-state index in [0.29, 0.717) is 24.6 Å². The third kappa shape index (κ3) is 7.16. The number of hydrogen-bond donors (Lipinski definition) is 3. The lowest BCUT2D eigenvalue weighted by atomic mass is 10.2. The van der Waals surface area contributed by atoms with E-state index in [1.807, 2.05) is 12.1 Å². The number of ether oxygens (including phenoxy) is 2. The van der Waals surface area contributed by atoms with Crippen LogP contribution >= 0.6 is 35.3 Å². The molecule has 11 heteroatoms. The van der Waals surface area contributed by atoms with Crippen LogP contribution in [0.2, 0.25) is 0 Å². The predicted octanol–water partition coefficient (Wildman–Crippen LogP) is 1.77. The number of benzene rings is 1. The lowest BCUT2D eigenvalue weighted by molar-refractivity contribution is 0.354. The van der Waals surface area contributed by atoms with Gasteiger partial charge in [0.15, 0.2) is 17.5 Å². The zero-order chi connectivity index (χ0) is 19.0. The number of sulfonamides is 1. The molecule has 0 unspecified atom stereocenters. The van der Waals surface area contributed by atoms with Crippen LogP contribution < -0.4 is 25.2 Å². The van der Waals surface area contributed by atoms with Crippen LogP contribution in [0.1, 0.15) is 5.56 Å². The van der Waals surface area contributed by atoms with Crippen molar-refractivity contribution in [1.29, 1.82) is 0 Å². The summed E-state index contributed by atoms with van der Waals surface area (Å²) in [7, 11) is -0.321. The Balaban J connectivity index is 0.00000364. The molecule has 2 aromatic rings. The summed E-state index contributed by atoms with van der Waals surface area (Å²) in [6, 6.07) is 8.74. The molecule has 0 aliphatic carbocycles. The van der Waals surface area contributed by atoms with E-state index in [1.165, 1.54) is 11.3 Å². The minimum atomic E-state index is -3.46. The van der Waals surface area contributed by atoms with E-state index in [-0.39, 0.29) is 40.7 Å². The Morgan fingerprint density at radius 1 is 1.19 bits per heavy atom. The molecule has 27 heavy (non-hydrogen) atoms. The van der Waals surface area contributed by atoms with Gasteiger partial charge in [0.1, 0.15) is 4.21 Å². The van der Waals surface area contributed by atoms with E-state index in [4.69, 9.17) is 15.2 Å². The summed E-state index contributed by atoms with van der Waals surface area (Å²) in [4.78, 5) is 4.22. The third-order valence-electron chi connectivity index (χ3n) is 3.36. The first-order valence-electron chi connectivity index (χ1n) is 7.74. The molecule has 2 rings (SSSR count). The van der Waals surface area contributed by atoms with E-state index in [1.54, 1.807) is 37.8 Å². The number of hydrogen-bond acceptors (Lipinski definition) is 6. The lowest BCUT2D eigenvalue weighted by Crippen LogP contribution is -2.38. The van der Waals surface area contributed by atoms with E-state index in [2.05, 4.69) is 15.0 Å². The summed E-state index contributed by atoms with van der Waals surface area (Å²) in [6.07, 6.45) is 0. The number of nitrogens with two attached hydrogens (primary N) is 1. The molecule has 0 atom stereocenters. The van der Waals surface area contributed by atoms with Gasteiger partial charge in [0.25, 0.3) is 0 Å². The van der Waals surface area contributed by atoms with Gasteiger partial charge in [-0.25, -0.2) is 18.1 Å². The molecule has 0 spiro atoms. The highest BCUT2D eigenvalue weighted by atomic mass is 127. The number of rotatable bonds is 9. The molecule has 4 N–H and O–H groups in total. The fourth-order valence-electron chi connectivity index (χ4n) is 2.07. The predicted molar refractivity (Wildman–Crippen MR) is 118 cm³/mol. The minimum absolute atomic E-state index is 0. The van der Waals surface area contributed by atoms with Crippen molar-refractivity contribution < 1.29 is 17.9 Å². The van der Waals surface area contributed by atoms with Gasteiger partial charge in [-0.3, -0.25) is 0 Å². The Hall–Kier alpha value is -1.57. The molecular formula is C16H23IN4O4S2. The molecule has 1 heterocycles. The van der Waals surface area contributed by atoms with E-state index in [9.17, 15) is 8.42 Å². The summed E-state index contributed by atoms with van der Waals surface area (Å²) in [5.74, 6) is 1.49. The second-order valence-electron chi connectivity index (χ2n) is 5.15. The van der Waals surface area contributed by atoms with Crippen molar-refractivity contribution in [3.05, 3.63) is 41.3 Å².